The van der Waals surface area contributed by atoms with Crippen molar-refractivity contribution in [3.8, 4) is 11.4 Å². The van der Waals surface area contributed by atoms with Crippen molar-refractivity contribution < 1.29 is 9.18 Å². The highest BCUT2D eigenvalue weighted by atomic mass is 32.2. The summed E-state index contributed by atoms with van der Waals surface area (Å²) in [7, 11) is 1.84. The molecule has 1 amide bonds. The lowest BCUT2D eigenvalue weighted by Gasteiger charge is -2.35. The Balaban J connectivity index is 1.32. The van der Waals surface area contributed by atoms with Gasteiger partial charge in [0.1, 0.15) is 11.6 Å². The lowest BCUT2D eigenvalue weighted by molar-refractivity contribution is -0.128. The Morgan fingerprint density at radius 1 is 1.07 bits per heavy atom. The van der Waals surface area contributed by atoms with Crippen LogP contribution in [0.2, 0.25) is 0 Å². The van der Waals surface area contributed by atoms with E-state index in [1.807, 2.05) is 34.7 Å². The van der Waals surface area contributed by atoms with Crippen molar-refractivity contribution in [2.75, 3.05) is 36.8 Å². The quantitative estimate of drug-likeness (QED) is 0.600. The van der Waals surface area contributed by atoms with E-state index in [9.17, 15) is 9.18 Å². The largest absolute Gasteiger partial charge is 0.353 e. The highest BCUT2D eigenvalue weighted by molar-refractivity contribution is 7.99. The van der Waals surface area contributed by atoms with Crippen LogP contribution in [0.5, 0.6) is 0 Å². The zero-order valence-corrected chi connectivity index (χ0v) is 16.8. The molecule has 0 atom stereocenters. The number of pyridine rings is 1. The number of hydrogen-bond acceptors (Lipinski definition) is 6. The lowest BCUT2D eigenvalue weighted by atomic mass is 10.2. The second-order valence-corrected chi connectivity index (χ2v) is 7.66. The standard InChI is InChI=1S/C20H21FN6OS/c1-25-19(15-5-7-16(21)8-6-15)23-24-20(25)29-14-18(28)27-12-10-26(11-13-27)17-4-2-3-9-22-17/h2-9H,10-14H2,1H3. The molecule has 2 aromatic heterocycles. The minimum Gasteiger partial charge on any atom is -0.353 e. The topological polar surface area (TPSA) is 67.2 Å². The number of halogens is 1. The predicted molar refractivity (Wildman–Crippen MR) is 110 cm³/mol. The third kappa shape index (κ3) is 4.40. The van der Waals surface area contributed by atoms with Crippen molar-refractivity contribution in [2.24, 2.45) is 7.05 Å². The van der Waals surface area contributed by atoms with Crippen molar-refractivity contribution in [1.82, 2.24) is 24.6 Å². The molecule has 29 heavy (non-hydrogen) atoms. The highest BCUT2D eigenvalue weighted by Gasteiger charge is 2.22. The van der Waals surface area contributed by atoms with Crippen LogP contribution in [0.25, 0.3) is 11.4 Å². The van der Waals surface area contributed by atoms with Gasteiger partial charge >= 0.3 is 0 Å². The number of aromatic nitrogens is 4. The first kappa shape index (κ1) is 19.4. The minimum absolute atomic E-state index is 0.0852. The van der Waals surface area contributed by atoms with Crippen LogP contribution in [0.15, 0.2) is 53.8 Å². The molecule has 3 aromatic rings. The first-order valence-corrected chi connectivity index (χ1v) is 10.3. The summed E-state index contributed by atoms with van der Waals surface area (Å²) >= 11 is 1.36. The predicted octanol–water partition coefficient (Wildman–Crippen LogP) is 2.46. The third-order valence-corrected chi connectivity index (χ3v) is 5.87. The summed E-state index contributed by atoms with van der Waals surface area (Å²) in [6, 6.07) is 12.0. The van der Waals surface area contributed by atoms with E-state index < -0.39 is 0 Å². The van der Waals surface area contributed by atoms with Crippen LogP contribution in [-0.4, -0.2) is 62.5 Å². The van der Waals surface area contributed by atoms with Crippen LogP contribution in [0.1, 0.15) is 0 Å². The monoisotopic (exact) mass is 412 g/mol. The maximum Gasteiger partial charge on any atom is 0.233 e. The number of anilines is 1. The summed E-state index contributed by atoms with van der Waals surface area (Å²) in [4.78, 5) is 21.0. The molecule has 0 unspecified atom stereocenters. The van der Waals surface area contributed by atoms with Gasteiger partial charge in [-0.05, 0) is 36.4 Å². The van der Waals surface area contributed by atoms with Gasteiger partial charge in [0.2, 0.25) is 5.91 Å². The SMILES string of the molecule is Cn1c(SCC(=O)N2CCN(c3ccccn3)CC2)nnc1-c1ccc(F)cc1. The number of amides is 1. The summed E-state index contributed by atoms with van der Waals surface area (Å²) < 4.78 is 14.9. The van der Waals surface area contributed by atoms with Crippen molar-refractivity contribution >= 4 is 23.5 Å². The highest BCUT2D eigenvalue weighted by Crippen LogP contribution is 2.23. The molecule has 4 rings (SSSR count). The van der Waals surface area contributed by atoms with Gasteiger partial charge in [-0.1, -0.05) is 17.8 Å². The van der Waals surface area contributed by atoms with Crippen LogP contribution in [0.4, 0.5) is 10.2 Å². The molecular formula is C20H21FN6OS. The number of thioether (sulfide) groups is 1. The fourth-order valence-corrected chi connectivity index (χ4v) is 4.05. The fraction of sp³-hybridized carbons (Fsp3) is 0.300. The molecule has 1 aliphatic heterocycles. The molecule has 1 saturated heterocycles. The first-order chi connectivity index (χ1) is 14.1. The molecule has 0 N–H and O–H groups in total. The number of hydrogen-bond donors (Lipinski definition) is 0. The van der Waals surface area contributed by atoms with Gasteiger partial charge in [0.15, 0.2) is 11.0 Å². The van der Waals surface area contributed by atoms with Crippen LogP contribution in [0.3, 0.4) is 0 Å². The average molecular weight is 412 g/mol. The number of carbonyl (C=O) groups excluding carboxylic acids is 1. The molecule has 9 heteroatoms. The van der Waals surface area contributed by atoms with Gasteiger partial charge in [0.05, 0.1) is 5.75 Å². The summed E-state index contributed by atoms with van der Waals surface area (Å²) in [6.07, 6.45) is 1.78. The normalized spacial score (nSPS) is 14.3. The van der Waals surface area contributed by atoms with Gasteiger partial charge < -0.3 is 14.4 Å². The Morgan fingerprint density at radius 3 is 2.52 bits per heavy atom. The number of piperazine rings is 1. The van der Waals surface area contributed by atoms with Crippen molar-refractivity contribution in [1.29, 1.82) is 0 Å². The van der Waals surface area contributed by atoms with E-state index in [0.717, 1.165) is 24.5 Å². The van der Waals surface area contributed by atoms with Gasteiger partial charge in [0.25, 0.3) is 0 Å². The molecule has 3 heterocycles. The van der Waals surface area contributed by atoms with E-state index in [4.69, 9.17) is 0 Å². The molecule has 150 valence electrons. The molecule has 1 fully saturated rings. The van der Waals surface area contributed by atoms with E-state index in [1.54, 1.807) is 18.3 Å². The van der Waals surface area contributed by atoms with Gasteiger partial charge in [-0.3, -0.25) is 4.79 Å². The molecule has 1 aliphatic rings. The van der Waals surface area contributed by atoms with Crippen LogP contribution in [0, 0.1) is 5.82 Å². The van der Waals surface area contributed by atoms with Crippen LogP contribution in [-0.2, 0) is 11.8 Å². The molecule has 0 saturated carbocycles. The van der Waals surface area contributed by atoms with Crippen LogP contribution >= 0.6 is 11.8 Å². The Kier molecular flexibility index (Phi) is 5.75. The Bertz CT molecular complexity index is 970. The van der Waals surface area contributed by atoms with Crippen LogP contribution < -0.4 is 4.90 Å². The van der Waals surface area contributed by atoms with E-state index in [-0.39, 0.29) is 11.7 Å². The summed E-state index contributed by atoms with van der Waals surface area (Å²) in [5.41, 5.74) is 0.783. The van der Waals surface area contributed by atoms with Gasteiger partial charge in [-0.2, -0.15) is 0 Å². The summed E-state index contributed by atoms with van der Waals surface area (Å²) in [5.74, 6) is 1.69. The molecular weight excluding hydrogens is 391 g/mol. The molecule has 0 bridgehead atoms. The summed E-state index contributed by atoms with van der Waals surface area (Å²) in [6.45, 7) is 2.89. The minimum atomic E-state index is -0.292. The zero-order valence-electron chi connectivity index (χ0n) is 16.0. The maximum atomic E-state index is 13.1. The van der Waals surface area contributed by atoms with E-state index >= 15 is 0 Å². The second-order valence-electron chi connectivity index (χ2n) is 6.72. The smallest absolute Gasteiger partial charge is 0.233 e. The van der Waals surface area contributed by atoms with Crippen molar-refractivity contribution in [3.05, 3.63) is 54.5 Å². The number of nitrogens with zero attached hydrogens (tertiary/aromatic N) is 6. The molecule has 0 radical (unpaired) electrons. The number of rotatable bonds is 5. The van der Waals surface area contributed by atoms with E-state index in [1.165, 1.54) is 23.9 Å². The maximum absolute atomic E-state index is 13.1. The average Bonchev–Trinajstić information content (AvgIpc) is 3.13. The van der Waals surface area contributed by atoms with E-state index in [0.29, 0.717) is 29.8 Å². The first-order valence-electron chi connectivity index (χ1n) is 9.34. The van der Waals surface area contributed by atoms with Crippen molar-refractivity contribution in [2.45, 2.75) is 5.16 Å². The molecule has 0 spiro atoms. The molecule has 7 nitrogen and oxygen atoms in total. The Morgan fingerprint density at radius 2 is 1.83 bits per heavy atom. The van der Waals surface area contributed by atoms with Gasteiger partial charge in [-0.15, -0.1) is 10.2 Å². The van der Waals surface area contributed by atoms with Gasteiger partial charge in [0, 0.05) is 45.0 Å². The van der Waals surface area contributed by atoms with Crippen molar-refractivity contribution in [3.63, 3.8) is 0 Å². The summed E-state index contributed by atoms with van der Waals surface area (Å²) in [5, 5.41) is 9.02. The zero-order chi connectivity index (χ0) is 20.2. The number of benzene rings is 1. The lowest BCUT2D eigenvalue weighted by Crippen LogP contribution is -2.49. The Hall–Kier alpha value is -2.94. The third-order valence-electron chi connectivity index (χ3n) is 4.87. The Labute approximate surface area is 172 Å². The van der Waals surface area contributed by atoms with E-state index in [2.05, 4.69) is 20.1 Å². The molecule has 0 aliphatic carbocycles. The molecule has 1 aromatic carbocycles. The fourth-order valence-electron chi connectivity index (χ4n) is 3.23. The second kappa shape index (κ2) is 8.60. The number of carbonyl (C=O) groups is 1. The van der Waals surface area contributed by atoms with Gasteiger partial charge in [-0.25, -0.2) is 9.37 Å².